The predicted octanol–water partition coefficient (Wildman–Crippen LogP) is 3.29. The van der Waals surface area contributed by atoms with E-state index in [1.807, 2.05) is 0 Å². The molecule has 0 aliphatic rings. The number of ether oxygens (including phenoxy) is 2. The Balaban J connectivity index is 2.16. The summed E-state index contributed by atoms with van der Waals surface area (Å²) in [4.78, 5) is 0. The summed E-state index contributed by atoms with van der Waals surface area (Å²) in [5, 5.41) is 8.65. The summed E-state index contributed by atoms with van der Waals surface area (Å²) < 4.78 is 11.1. The first kappa shape index (κ1) is 16.2. The Labute approximate surface area is 116 Å². The predicted molar refractivity (Wildman–Crippen MR) is 77.0 cm³/mol. The van der Waals surface area contributed by atoms with Gasteiger partial charge in [-0.2, -0.15) is 0 Å². The summed E-state index contributed by atoms with van der Waals surface area (Å²) in [6.07, 6.45) is 4.03. The standard InChI is InChI=1S/C16H26O3/c1-2-3-11-18-13-15-6-8-16(9-7-15)14-19-12-5-4-10-17/h6-9,17H,2-5,10-14H2,1H3. The summed E-state index contributed by atoms with van der Waals surface area (Å²) in [6, 6.07) is 8.37. The van der Waals surface area contributed by atoms with Crippen LogP contribution in [-0.4, -0.2) is 24.9 Å². The molecule has 0 spiro atoms. The molecule has 108 valence electrons. The summed E-state index contributed by atoms with van der Waals surface area (Å²) in [6.45, 7) is 5.30. The summed E-state index contributed by atoms with van der Waals surface area (Å²) in [5.74, 6) is 0. The monoisotopic (exact) mass is 266 g/mol. The quantitative estimate of drug-likeness (QED) is 0.625. The summed E-state index contributed by atoms with van der Waals surface area (Å²) in [5.41, 5.74) is 2.39. The van der Waals surface area contributed by atoms with E-state index >= 15 is 0 Å². The SMILES string of the molecule is CCCCOCc1ccc(COCCCCO)cc1. The van der Waals surface area contributed by atoms with Gasteiger partial charge in [-0.15, -0.1) is 0 Å². The van der Waals surface area contributed by atoms with E-state index in [9.17, 15) is 0 Å². The van der Waals surface area contributed by atoms with Gasteiger partial charge in [0.1, 0.15) is 0 Å². The average molecular weight is 266 g/mol. The lowest BCUT2D eigenvalue weighted by Crippen LogP contribution is -1.98. The van der Waals surface area contributed by atoms with Crippen molar-refractivity contribution < 1.29 is 14.6 Å². The third-order valence-corrected chi connectivity index (χ3v) is 2.90. The van der Waals surface area contributed by atoms with E-state index in [-0.39, 0.29) is 6.61 Å². The maximum Gasteiger partial charge on any atom is 0.0716 e. The van der Waals surface area contributed by atoms with Crippen LogP contribution in [-0.2, 0) is 22.7 Å². The van der Waals surface area contributed by atoms with Crippen LogP contribution in [0.1, 0.15) is 43.7 Å². The second kappa shape index (κ2) is 11.0. The van der Waals surface area contributed by atoms with E-state index in [2.05, 4.69) is 31.2 Å². The Kier molecular flexibility index (Phi) is 9.33. The van der Waals surface area contributed by atoms with Crippen molar-refractivity contribution in [2.24, 2.45) is 0 Å². The lowest BCUT2D eigenvalue weighted by atomic mass is 10.1. The Morgan fingerprint density at radius 2 is 1.37 bits per heavy atom. The Bertz CT molecular complexity index is 308. The van der Waals surface area contributed by atoms with Crippen molar-refractivity contribution in [1.29, 1.82) is 0 Å². The molecule has 0 amide bonds. The van der Waals surface area contributed by atoms with Crippen molar-refractivity contribution in [1.82, 2.24) is 0 Å². The zero-order chi connectivity index (χ0) is 13.8. The molecule has 0 aromatic heterocycles. The van der Waals surface area contributed by atoms with Gasteiger partial charge in [-0.05, 0) is 30.4 Å². The molecular formula is C16H26O3. The lowest BCUT2D eigenvalue weighted by Gasteiger charge is -2.06. The van der Waals surface area contributed by atoms with Crippen molar-refractivity contribution in [3.05, 3.63) is 35.4 Å². The van der Waals surface area contributed by atoms with Crippen molar-refractivity contribution in [2.75, 3.05) is 19.8 Å². The van der Waals surface area contributed by atoms with Gasteiger partial charge in [0.2, 0.25) is 0 Å². The number of aliphatic hydroxyl groups is 1. The molecule has 3 heteroatoms. The molecule has 3 nitrogen and oxygen atoms in total. The topological polar surface area (TPSA) is 38.7 Å². The number of hydrogen-bond donors (Lipinski definition) is 1. The molecule has 0 saturated heterocycles. The van der Waals surface area contributed by atoms with Gasteiger partial charge in [0.25, 0.3) is 0 Å². The van der Waals surface area contributed by atoms with Gasteiger partial charge in [-0.1, -0.05) is 37.6 Å². The van der Waals surface area contributed by atoms with E-state index in [4.69, 9.17) is 14.6 Å². The van der Waals surface area contributed by atoms with Crippen molar-refractivity contribution in [2.45, 2.75) is 45.8 Å². The molecular weight excluding hydrogens is 240 g/mol. The van der Waals surface area contributed by atoms with E-state index in [0.29, 0.717) is 19.8 Å². The third-order valence-electron chi connectivity index (χ3n) is 2.90. The van der Waals surface area contributed by atoms with Crippen molar-refractivity contribution in [3.63, 3.8) is 0 Å². The number of aliphatic hydroxyl groups excluding tert-OH is 1. The van der Waals surface area contributed by atoms with Gasteiger partial charge >= 0.3 is 0 Å². The molecule has 19 heavy (non-hydrogen) atoms. The zero-order valence-electron chi connectivity index (χ0n) is 11.9. The maximum absolute atomic E-state index is 8.65. The lowest BCUT2D eigenvalue weighted by molar-refractivity contribution is 0.112. The van der Waals surface area contributed by atoms with Crippen molar-refractivity contribution >= 4 is 0 Å². The Morgan fingerprint density at radius 3 is 1.84 bits per heavy atom. The average Bonchev–Trinajstić information content (AvgIpc) is 2.45. The fourth-order valence-corrected chi connectivity index (χ4v) is 1.67. The van der Waals surface area contributed by atoms with E-state index in [1.165, 1.54) is 17.5 Å². The van der Waals surface area contributed by atoms with Gasteiger partial charge in [0.05, 0.1) is 13.2 Å². The highest BCUT2D eigenvalue weighted by Crippen LogP contribution is 2.08. The van der Waals surface area contributed by atoms with E-state index < -0.39 is 0 Å². The van der Waals surface area contributed by atoms with Crippen LogP contribution in [0, 0.1) is 0 Å². The van der Waals surface area contributed by atoms with E-state index in [0.717, 1.165) is 25.9 Å². The molecule has 1 N–H and O–H groups in total. The highest BCUT2D eigenvalue weighted by atomic mass is 16.5. The molecule has 0 fully saturated rings. The van der Waals surface area contributed by atoms with Crippen LogP contribution in [0.4, 0.5) is 0 Å². The zero-order valence-corrected chi connectivity index (χ0v) is 11.9. The largest absolute Gasteiger partial charge is 0.396 e. The normalized spacial score (nSPS) is 10.8. The van der Waals surface area contributed by atoms with Crippen LogP contribution in [0.2, 0.25) is 0 Å². The van der Waals surface area contributed by atoms with Crippen LogP contribution in [0.3, 0.4) is 0 Å². The highest BCUT2D eigenvalue weighted by Gasteiger charge is 1.96. The smallest absolute Gasteiger partial charge is 0.0716 e. The summed E-state index contributed by atoms with van der Waals surface area (Å²) in [7, 11) is 0. The molecule has 0 heterocycles. The van der Waals surface area contributed by atoms with Gasteiger partial charge in [-0.25, -0.2) is 0 Å². The second-order valence-electron chi connectivity index (χ2n) is 4.71. The third kappa shape index (κ3) is 7.98. The molecule has 0 unspecified atom stereocenters. The Morgan fingerprint density at radius 1 is 0.842 bits per heavy atom. The first-order valence-electron chi connectivity index (χ1n) is 7.21. The molecule has 0 aliphatic heterocycles. The minimum Gasteiger partial charge on any atom is -0.396 e. The molecule has 0 saturated carbocycles. The van der Waals surface area contributed by atoms with Gasteiger partial charge in [-0.3, -0.25) is 0 Å². The number of rotatable bonds is 11. The van der Waals surface area contributed by atoms with Crippen molar-refractivity contribution in [3.8, 4) is 0 Å². The number of unbranched alkanes of at least 4 members (excludes halogenated alkanes) is 2. The number of hydrogen-bond acceptors (Lipinski definition) is 3. The Hall–Kier alpha value is -0.900. The van der Waals surface area contributed by atoms with Crippen LogP contribution in [0.5, 0.6) is 0 Å². The van der Waals surface area contributed by atoms with Crippen LogP contribution < -0.4 is 0 Å². The van der Waals surface area contributed by atoms with Gasteiger partial charge in [0, 0.05) is 19.8 Å². The minimum atomic E-state index is 0.246. The van der Waals surface area contributed by atoms with E-state index in [1.54, 1.807) is 0 Å². The maximum atomic E-state index is 8.65. The molecule has 0 bridgehead atoms. The molecule has 1 aromatic carbocycles. The first-order valence-corrected chi connectivity index (χ1v) is 7.21. The van der Waals surface area contributed by atoms with Crippen LogP contribution in [0.15, 0.2) is 24.3 Å². The number of benzene rings is 1. The fourth-order valence-electron chi connectivity index (χ4n) is 1.67. The second-order valence-corrected chi connectivity index (χ2v) is 4.71. The molecule has 0 aliphatic carbocycles. The van der Waals surface area contributed by atoms with Crippen LogP contribution in [0.25, 0.3) is 0 Å². The molecule has 1 aromatic rings. The minimum absolute atomic E-state index is 0.246. The van der Waals surface area contributed by atoms with Crippen LogP contribution >= 0.6 is 0 Å². The fraction of sp³-hybridized carbons (Fsp3) is 0.625. The molecule has 1 rings (SSSR count). The first-order chi connectivity index (χ1) is 9.36. The highest BCUT2D eigenvalue weighted by molar-refractivity contribution is 5.21. The van der Waals surface area contributed by atoms with Gasteiger partial charge < -0.3 is 14.6 Å². The van der Waals surface area contributed by atoms with Gasteiger partial charge in [0.15, 0.2) is 0 Å². The molecule has 0 radical (unpaired) electrons. The summed E-state index contributed by atoms with van der Waals surface area (Å²) >= 11 is 0. The molecule has 0 atom stereocenters.